The third-order valence-electron chi connectivity index (χ3n) is 12.8. The third kappa shape index (κ3) is 7.58. The van der Waals surface area contributed by atoms with E-state index in [0.717, 1.165) is 56.0 Å². The summed E-state index contributed by atoms with van der Waals surface area (Å²) < 4.78 is 0. The van der Waals surface area contributed by atoms with Crippen molar-refractivity contribution in [2.24, 2.45) is 0 Å². The number of aromatic nitrogens is 3. The molecular weight excluding hydrogens is 815 g/mol. The summed E-state index contributed by atoms with van der Waals surface area (Å²) in [5.41, 5.74) is 16.7. The molecule has 1 atom stereocenters. The van der Waals surface area contributed by atoms with Gasteiger partial charge in [0.2, 0.25) is 0 Å². The molecule has 1 aromatic heterocycles. The van der Waals surface area contributed by atoms with Crippen LogP contribution >= 0.6 is 0 Å². The standard InChI is InChI=1S/C62H43N5/c1-4-17-42(18-5-1)43-33-37-46(38-34-43)60-64-59(45-19-6-2-7-20-45)65-61(66-60)47-39-35-44(36-40-47)51-27-15-29-56-54(51)28-16-30-55(56)53-26-11-10-25-52(53)49-23-14-24-50(41-49)67-58-32-13-12-31-57(58)63-62(67)48-21-8-3-9-22-48/h1-41,62-63H. The van der Waals surface area contributed by atoms with Gasteiger partial charge in [-0.1, -0.05) is 224 Å². The van der Waals surface area contributed by atoms with Crippen LogP contribution in [-0.2, 0) is 0 Å². The average Bonchev–Trinajstić information content (AvgIpc) is 3.81. The van der Waals surface area contributed by atoms with E-state index in [-0.39, 0.29) is 6.17 Å². The first-order valence-electron chi connectivity index (χ1n) is 22.7. The summed E-state index contributed by atoms with van der Waals surface area (Å²) in [7, 11) is 0. The van der Waals surface area contributed by atoms with E-state index in [1.54, 1.807) is 0 Å². The molecule has 10 aromatic carbocycles. The Bertz CT molecular complexity index is 3540. The van der Waals surface area contributed by atoms with Gasteiger partial charge in [-0.3, -0.25) is 0 Å². The number of anilines is 3. The predicted molar refractivity (Wildman–Crippen MR) is 277 cm³/mol. The summed E-state index contributed by atoms with van der Waals surface area (Å²) in [4.78, 5) is 17.5. The molecule has 0 aliphatic carbocycles. The smallest absolute Gasteiger partial charge is 0.164 e. The third-order valence-corrected chi connectivity index (χ3v) is 12.8. The molecule has 0 radical (unpaired) electrons. The Balaban J connectivity index is 0.889. The fraction of sp³-hybridized carbons (Fsp3) is 0.0161. The fourth-order valence-corrected chi connectivity index (χ4v) is 9.49. The first kappa shape index (κ1) is 39.6. The van der Waals surface area contributed by atoms with Crippen LogP contribution in [0.5, 0.6) is 0 Å². The zero-order valence-electron chi connectivity index (χ0n) is 36.5. The van der Waals surface area contributed by atoms with Crippen LogP contribution in [0.3, 0.4) is 0 Å². The molecule has 0 saturated carbocycles. The largest absolute Gasteiger partial charge is 0.359 e. The average molecular weight is 858 g/mol. The van der Waals surface area contributed by atoms with Gasteiger partial charge >= 0.3 is 0 Å². The molecule has 5 heteroatoms. The van der Waals surface area contributed by atoms with Crippen molar-refractivity contribution in [3.8, 4) is 78.7 Å². The second-order valence-corrected chi connectivity index (χ2v) is 16.8. The lowest BCUT2D eigenvalue weighted by Gasteiger charge is -2.28. The number of benzene rings is 10. The summed E-state index contributed by atoms with van der Waals surface area (Å²) >= 11 is 0. The molecule has 0 bridgehead atoms. The zero-order chi connectivity index (χ0) is 44.5. The summed E-state index contributed by atoms with van der Waals surface area (Å²) in [6.07, 6.45) is -0.0282. The Kier molecular flexibility index (Phi) is 10.2. The highest BCUT2D eigenvalue weighted by Gasteiger charge is 2.31. The SMILES string of the molecule is c1ccc(-c2ccc(-c3nc(-c4ccccc4)nc(-c4ccc(-c5cccc6c(-c7ccccc7-c7cccc(N8c9ccccc9NC8c8ccccc8)c7)cccc56)cc4)n3)cc2)cc1. The molecule has 1 N–H and O–H groups in total. The van der Waals surface area contributed by atoms with Crippen molar-refractivity contribution in [1.29, 1.82) is 0 Å². The van der Waals surface area contributed by atoms with Gasteiger partial charge in [-0.05, 0) is 85.1 Å². The van der Waals surface area contributed by atoms with Gasteiger partial charge < -0.3 is 10.2 Å². The zero-order valence-corrected chi connectivity index (χ0v) is 36.5. The number of nitrogens with zero attached hydrogens (tertiary/aromatic N) is 4. The molecule has 316 valence electrons. The number of nitrogens with one attached hydrogen (secondary N) is 1. The highest BCUT2D eigenvalue weighted by molar-refractivity contribution is 6.06. The van der Waals surface area contributed by atoms with Gasteiger partial charge in [-0.15, -0.1) is 0 Å². The summed E-state index contributed by atoms with van der Waals surface area (Å²) in [6.45, 7) is 0. The minimum Gasteiger partial charge on any atom is -0.359 e. The highest BCUT2D eigenvalue weighted by Crippen LogP contribution is 2.47. The fourth-order valence-electron chi connectivity index (χ4n) is 9.49. The van der Waals surface area contributed by atoms with Gasteiger partial charge in [0.15, 0.2) is 17.5 Å². The van der Waals surface area contributed by atoms with Crippen LogP contribution in [0.1, 0.15) is 11.7 Å². The van der Waals surface area contributed by atoms with Crippen LogP contribution in [0.2, 0.25) is 0 Å². The maximum Gasteiger partial charge on any atom is 0.164 e. The van der Waals surface area contributed by atoms with E-state index in [4.69, 9.17) is 15.0 Å². The lowest BCUT2D eigenvalue weighted by molar-refractivity contribution is 0.828. The van der Waals surface area contributed by atoms with Crippen LogP contribution < -0.4 is 10.2 Å². The van der Waals surface area contributed by atoms with Crippen molar-refractivity contribution in [2.45, 2.75) is 6.17 Å². The van der Waals surface area contributed by atoms with Crippen molar-refractivity contribution in [3.05, 3.63) is 254 Å². The number of fused-ring (bicyclic) bond motifs is 2. The van der Waals surface area contributed by atoms with Crippen LogP contribution in [0.25, 0.3) is 89.4 Å². The van der Waals surface area contributed by atoms with E-state index < -0.39 is 0 Å². The summed E-state index contributed by atoms with van der Waals surface area (Å²) in [5, 5.41) is 6.17. The van der Waals surface area contributed by atoms with Crippen molar-refractivity contribution < 1.29 is 0 Å². The van der Waals surface area contributed by atoms with E-state index in [9.17, 15) is 0 Å². The van der Waals surface area contributed by atoms with Crippen LogP contribution in [0.4, 0.5) is 17.1 Å². The van der Waals surface area contributed by atoms with E-state index in [2.05, 4.69) is 223 Å². The first-order valence-corrected chi connectivity index (χ1v) is 22.7. The van der Waals surface area contributed by atoms with Gasteiger partial charge in [0, 0.05) is 22.4 Å². The van der Waals surface area contributed by atoms with Gasteiger partial charge in [0.25, 0.3) is 0 Å². The molecule has 11 aromatic rings. The van der Waals surface area contributed by atoms with Gasteiger partial charge in [-0.25, -0.2) is 15.0 Å². The maximum absolute atomic E-state index is 5.06. The number of rotatable bonds is 9. The highest BCUT2D eigenvalue weighted by atomic mass is 15.3. The Hall–Kier alpha value is -8.93. The van der Waals surface area contributed by atoms with Crippen LogP contribution in [0.15, 0.2) is 249 Å². The topological polar surface area (TPSA) is 53.9 Å². The molecule has 67 heavy (non-hydrogen) atoms. The van der Waals surface area contributed by atoms with Crippen LogP contribution in [-0.4, -0.2) is 15.0 Å². The molecule has 12 rings (SSSR count). The molecular formula is C62H43N5. The van der Waals surface area contributed by atoms with Gasteiger partial charge in [0.1, 0.15) is 6.17 Å². The summed E-state index contributed by atoms with van der Waals surface area (Å²) in [5.74, 6) is 1.90. The van der Waals surface area contributed by atoms with Crippen molar-refractivity contribution in [1.82, 2.24) is 15.0 Å². The van der Waals surface area contributed by atoms with E-state index in [1.165, 1.54) is 38.6 Å². The Morgan fingerprint density at radius 2 is 0.761 bits per heavy atom. The van der Waals surface area contributed by atoms with Crippen molar-refractivity contribution in [2.75, 3.05) is 10.2 Å². The monoisotopic (exact) mass is 857 g/mol. The van der Waals surface area contributed by atoms with Gasteiger partial charge in [0.05, 0.1) is 11.4 Å². The van der Waals surface area contributed by atoms with E-state index >= 15 is 0 Å². The maximum atomic E-state index is 5.06. The molecule has 1 aliphatic rings. The van der Waals surface area contributed by atoms with Gasteiger partial charge in [-0.2, -0.15) is 0 Å². The number of hydrogen-bond donors (Lipinski definition) is 1. The Morgan fingerprint density at radius 1 is 0.313 bits per heavy atom. The molecule has 1 unspecified atom stereocenters. The minimum atomic E-state index is -0.0282. The normalized spacial score (nSPS) is 13.0. The minimum absolute atomic E-state index is 0.0282. The molecule has 0 spiro atoms. The quantitative estimate of drug-likeness (QED) is 0.157. The Labute approximate surface area is 390 Å². The lowest BCUT2D eigenvalue weighted by Crippen LogP contribution is -2.23. The van der Waals surface area contributed by atoms with E-state index in [1.807, 2.05) is 36.4 Å². The van der Waals surface area contributed by atoms with Crippen LogP contribution in [0, 0.1) is 0 Å². The Morgan fingerprint density at radius 3 is 1.43 bits per heavy atom. The molecule has 0 amide bonds. The molecule has 5 nitrogen and oxygen atoms in total. The second-order valence-electron chi connectivity index (χ2n) is 16.8. The van der Waals surface area contributed by atoms with Crippen molar-refractivity contribution in [3.63, 3.8) is 0 Å². The first-order chi connectivity index (χ1) is 33.2. The number of hydrogen-bond acceptors (Lipinski definition) is 5. The molecule has 0 saturated heterocycles. The molecule has 1 aliphatic heterocycles. The summed E-state index contributed by atoms with van der Waals surface area (Å²) in [6, 6.07) is 87.9. The second kappa shape index (κ2) is 17.2. The van der Waals surface area contributed by atoms with Crippen molar-refractivity contribution >= 4 is 27.8 Å². The van der Waals surface area contributed by atoms with E-state index in [0.29, 0.717) is 17.5 Å². The molecule has 0 fully saturated rings. The predicted octanol–water partition coefficient (Wildman–Crippen LogP) is 16.0. The number of para-hydroxylation sites is 2. The lowest BCUT2D eigenvalue weighted by atomic mass is 9.89. The molecule has 2 heterocycles.